The molecular formula is C18H30N2O. The molecule has 0 N–H and O–H groups in total. The standard InChI is InChI=1S/C18H30N2O/c1-18(2,3)14-8-7-13(12-19)16(11-14)20-9-10-21-17-6-4-5-15(17)20/h13-17H,4-11H2,1-3H3. The van der Waals surface area contributed by atoms with Crippen molar-refractivity contribution in [3.8, 4) is 6.07 Å². The first-order valence-corrected chi connectivity index (χ1v) is 8.77. The van der Waals surface area contributed by atoms with Crippen LogP contribution in [0.15, 0.2) is 0 Å². The largest absolute Gasteiger partial charge is 0.375 e. The lowest BCUT2D eigenvalue weighted by Gasteiger charge is -2.49. The summed E-state index contributed by atoms with van der Waals surface area (Å²) in [6.45, 7) is 8.97. The molecule has 2 saturated carbocycles. The number of nitrogens with zero attached hydrogens (tertiary/aromatic N) is 2. The summed E-state index contributed by atoms with van der Waals surface area (Å²) in [4.78, 5) is 2.67. The van der Waals surface area contributed by atoms with Gasteiger partial charge in [0.15, 0.2) is 0 Å². The van der Waals surface area contributed by atoms with Crippen LogP contribution in [0.4, 0.5) is 0 Å². The summed E-state index contributed by atoms with van der Waals surface area (Å²) in [5.41, 5.74) is 0.361. The zero-order chi connectivity index (χ0) is 15.0. The maximum absolute atomic E-state index is 9.61. The van der Waals surface area contributed by atoms with Crippen LogP contribution in [-0.4, -0.2) is 36.2 Å². The molecule has 3 rings (SSSR count). The van der Waals surface area contributed by atoms with Gasteiger partial charge >= 0.3 is 0 Å². The Morgan fingerprint density at radius 3 is 2.62 bits per heavy atom. The van der Waals surface area contributed by atoms with Crippen LogP contribution < -0.4 is 0 Å². The van der Waals surface area contributed by atoms with E-state index in [1.165, 1.54) is 32.1 Å². The summed E-state index contributed by atoms with van der Waals surface area (Å²) in [7, 11) is 0. The Bertz CT molecular complexity index is 408. The summed E-state index contributed by atoms with van der Waals surface area (Å²) in [6, 6.07) is 3.66. The average molecular weight is 290 g/mol. The van der Waals surface area contributed by atoms with Crippen LogP contribution in [0.5, 0.6) is 0 Å². The van der Waals surface area contributed by atoms with Crippen molar-refractivity contribution in [2.45, 2.75) is 77.5 Å². The van der Waals surface area contributed by atoms with Crippen molar-refractivity contribution >= 4 is 0 Å². The molecule has 1 saturated heterocycles. The summed E-state index contributed by atoms with van der Waals surface area (Å²) < 4.78 is 5.96. The first kappa shape index (κ1) is 15.3. The molecule has 0 amide bonds. The Balaban J connectivity index is 1.78. The number of morpholine rings is 1. The van der Waals surface area contributed by atoms with E-state index >= 15 is 0 Å². The van der Waals surface area contributed by atoms with Crippen molar-refractivity contribution in [1.82, 2.24) is 4.90 Å². The molecule has 2 aliphatic carbocycles. The number of nitriles is 1. The zero-order valence-electron chi connectivity index (χ0n) is 13.8. The van der Waals surface area contributed by atoms with E-state index in [0.29, 0.717) is 23.6 Å². The van der Waals surface area contributed by atoms with Crippen LogP contribution in [-0.2, 0) is 4.74 Å². The summed E-state index contributed by atoms with van der Waals surface area (Å²) in [5.74, 6) is 0.970. The van der Waals surface area contributed by atoms with Gasteiger partial charge in [-0.15, -0.1) is 0 Å². The van der Waals surface area contributed by atoms with E-state index in [1.807, 2.05) is 0 Å². The third kappa shape index (κ3) is 2.98. The lowest BCUT2D eigenvalue weighted by atomic mass is 9.67. The SMILES string of the molecule is CC(C)(C)C1CCC(C#N)C(N2CCOC3CCCC32)C1. The third-order valence-electron chi connectivity index (χ3n) is 6.16. The van der Waals surface area contributed by atoms with E-state index in [4.69, 9.17) is 4.74 Å². The van der Waals surface area contributed by atoms with Gasteiger partial charge in [-0.2, -0.15) is 5.26 Å². The van der Waals surface area contributed by atoms with Crippen molar-refractivity contribution in [3.63, 3.8) is 0 Å². The Labute approximate surface area is 129 Å². The predicted octanol–water partition coefficient (Wildman–Crippen LogP) is 3.59. The van der Waals surface area contributed by atoms with Gasteiger partial charge in [-0.25, -0.2) is 0 Å². The Kier molecular flexibility index (Phi) is 4.30. The van der Waals surface area contributed by atoms with E-state index in [1.54, 1.807) is 0 Å². The number of hydrogen-bond acceptors (Lipinski definition) is 3. The number of fused-ring (bicyclic) bond motifs is 1. The normalized spacial score (nSPS) is 41.5. The van der Waals surface area contributed by atoms with E-state index < -0.39 is 0 Å². The van der Waals surface area contributed by atoms with E-state index in [9.17, 15) is 5.26 Å². The van der Waals surface area contributed by atoms with E-state index in [0.717, 1.165) is 25.5 Å². The maximum Gasteiger partial charge on any atom is 0.0731 e. The van der Waals surface area contributed by atoms with Gasteiger partial charge in [0.2, 0.25) is 0 Å². The summed E-state index contributed by atoms with van der Waals surface area (Å²) >= 11 is 0. The van der Waals surface area contributed by atoms with Crippen molar-refractivity contribution < 1.29 is 4.74 Å². The van der Waals surface area contributed by atoms with Crippen molar-refractivity contribution in [3.05, 3.63) is 0 Å². The third-order valence-corrected chi connectivity index (χ3v) is 6.16. The monoisotopic (exact) mass is 290 g/mol. The molecule has 5 atom stereocenters. The van der Waals surface area contributed by atoms with Gasteiger partial charge < -0.3 is 4.74 Å². The highest BCUT2D eigenvalue weighted by Crippen LogP contribution is 2.43. The molecule has 0 aromatic heterocycles. The topological polar surface area (TPSA) is 36.3 Å². The van der Waals surface area contributed by atoms with Crippen LogP contribution >= 0.6 is 0 Å². The Hall–Kier alpha value is -0.590. The minimum Gasteiger partial charge on any atom is -0.375 e. The predicted molar refractivity (Wildman–Crippen MR) is 83.8 cm³/mol. The van der Waals surface area contributed by atoms with Crippen LogP contribution in [0.1, 0.15) is 59.3 Å². The van der Waals surface area contributed by atoms with Gasteiger partial charge in [-0.1, -0.05) is 20.8 Å². The molecule has 21 heavy (non-hydrogen) atoms. The van der Waals surface area contributed by atoms with E-state index in [2.05, 4.69) is 31.7 Å². The molecule has 118 valence electrons. The maximum atomic E-state index is 9.61. The lowest BCUT2D eigenvalue weighted by molar-refractivity contribution is -0.0892. The van der Waals surface area contributed by atoms with Gasteiger partial charge in [-0.3, -0.25) is 4.90 Å². The molecule has 0 spiro atoms. The fourth-order valence-electron chi connectivity index (χ4n) is 4.82. The minimum atomic E-state index is 0.225. The number of ether oxygens (including phenoxy) is 1. The van der Waals surface area contributed by atoms with Gasteiger partial charge in [-0.05, 0) is 49.9 Å². The molecule has 3 fully saturated rings. The smallest absolute Gasteiger partial charge is 0.0731 e. The Morgan fingerprint density at radius 2 is 1.90 bits per heavy atom. The first-order chi connectivity index (χ1) is 10.0. The van der Waals surface area contributed by atoms with Crippen LogP contribution in [0.25, 0.3) is 0 Å². The molecule has 3 nitrogen and oxygen atoms in total. The molecule has 3 aliphatic rings. The fourth-order valence-corrected chi connectivity index (χ4v) is 4.82. The molecule has 1 aliphatic heterocycles. The molecule has 0 radical (unpaired) electrons. The fraction of sp³-hybridized carbons (Fsp3) is 0.944. The Morgan fingerprint density at radius 1 is 1.10 bits per heavy atom. The second-order valence-electron chi connectivity index (χ2n) is 8.32. The quantitative estimate of drug-likeness (QED) is 0.740. The molecule has 0 bridgehead atoms. The summed E-state index contributed by atoms with van der Waals surface area (Å²) in [5, 5.41) is 9.61. The van der Waals surface area contributed by atoms with Gasteiger partial charge in [0.1, 0.15) is 0 Å². The average Bonchev–Trinajstić information content (AvgIpc) is 2.94. The lowest BCUT2D eigenvalue weighted by Crippen LogP contribution is -2.56. The molecule has 3 heteroatoms. The molecule has 5 unspecified atom stereocenters. The first-order valence-electron chi connectivity index (χ1n) is 8.77. The summed E-state index contributed by atoms with van der Waals surface area (Å²) in [6.07, 6.45) is 7.71. The molecule has 0 aromatic rings. The highest BCUT2D eigenvalue weighted by molar-refractivity contribution is 5.03. The van der Waals surface area contributed by atoms with E-state index in [-0.39, 0.29) is 5.92 Å². The van der Waals surface area contributed by atoms with Crippen LogP contribution in [0.3, 0.4) is 0 Å². The second kappa shape index (κ2) is 5.89. The second-order valence-corrected chi connectivity index (χ2v) is 8.32. The number of hydrogen-bond donors (Lipinski definition) is 0. The van der Waals surface area contributed by atoms with Gasteiger partial charge in [0, 0.05) is 18.6 Å². The van der Waals surface area contributed by atoms with Crippen molar-refractivity contribution in [2.24, 2.45) is 17.3 Å². The van der Waals surface area contributed by atoms with Crippen LogP contribution in [0.2, 0.25) is 0 Å². The highest BCUT2D eigenvalue weighted by Gasteiger charge is 2.45. The van der Waals surface area contributed by atoms with Gasteiger partial charge in [0.05, 0.1) is 24.7 Å². The van der Waals surface area contributed by atoms with Crippen LogP contribution in [0, 0.1) is 28.6 Å². The van der Waals surface area contributed by atoms with Crippen molar-refractivity contribution in [2.75, 3.05) is 13.2 Å². The molecule has 0 aromatic carbocycles. The highest BCUT2D eigenvalue weighted by atomic mass is 16.5. The van der Waals surface area contributed by atoms with Gasteiger partial charge in [0.25, 0.3) is 0 Å². The molecule has 1 heterocycles. The zero-order valence-corrected chi connectivity index (χ0v) is 13.8. The number of rotatable bonds is 1. The van der Waals surface area contributed by atoms with Crippen molar-refractivity contribution in [1.29, 1.82) is 5.26 Å². The minimum absolute atomic E-state index is 0.225. The molecular weight excluding hydrogens is 260 g/mol.